The van der Waals surface area contributed by atoms with Gasteiger partial charge in [0.15, 0.2) is 0 Å². The molecule has 15 heavy (non-hydrogen) atoms. The Labute approximate surface area is 104 Å². The molecular formula is C11H14BrClFN. The zero-order valence-corrected chi connectivity index (χ0v) is 10.9. The van der Waals surface area contributed by atoms with Crippen molar-refractivity contribution in [3.05, 3.63) is 46.2 Å². The molecule has 0 aliphatic carbocycles. The summed E-state index contributed by atoms with van der Waals surface area (Å²) in [5.74, 6) is -0.278. The van der Waals surface area contributed by atoms with Crippen LogP contribution in [-0.2, 0) is 0 Å². The quantitative estimate of drug-likeness (QED) is 0.839. The van der Waals surface area contributed by atoms with Crippen LogP contribution in [0.25, 0.3) is 0 Å². The van der Waals surface area contributed by atoms with Crippen LogP contribution in [0.15, 0.2) is 34.8 Å². The van der Waals surface area contributed by atoms with Gasteiger partial charge >= 0.3 is 0 Å². The maximum absolute atomic E-state index is 13.2. The zero-order chi connectivity index (χ0) is 10.7. The van der Waals surface area contributed by atoms with Gasteiger partial charge in [-0.3, -0.25) is 0 Å². The third-order valence-electron chi connectivity index (χ3n) is 1.94. The molecule has 0 spiro atoms. The van der Waals surface area contributed by atoms with Crippen LogP contribution < -0.4 is 5.73 Å². The number of hydrogen-bond donors (Lipinski definition) is 1. The zero-order valence-electron chi connectivity index (χ0n) is 8.47. The third-order valence-corrected chi connectivity index (χ3v) is 2.58. The molecule has 0 fully saturated rings. The van der Waals surface area contributed by atoms with E-state index >= 15 is 0 Å². The lowest BCUT2D eigenvalue weighted by Gasteiger charge is -2.12. The number of benzene rings is 1. The monoisotopic (exact) mass is 293 g/mol. The molecule has 1 rings (SSSR count). The summed E-state index contributed by atoms with van der Waals surface area (Å²) in [5.41, 5.74) is 7.67. The van der Waals surface area contributed by atoms with E-state index in [9.17, 15) is 4.39 Å². The Balaban J connectivity index is 0.00000196. The molecule has 1 aromatic carbocycles. The summed E-state index contributed by atoms with van der Waals surface area (Å²) in [6, 6.07) is 4.77. The third kappa shape index (κ3) is 4.33. The Hall–Kier alpha value is -0.380. The highest BCUT2D eigenvalue weighted by atomic mass is 79.9. The molecule has 0 bridgehead atoms. The van der Waals surface area contributed by atoms with E-state index in [0.29, 0.717) is 10.9 Å². The molecule has 0 radical (unpaired) electrons. The van der Waals surface area contributed by atoms with Crippen LogP contribution in [0.1, 0.15) is 24.9 Å². The fraction of sp³-hybridized carbons (Fsp3) is 0.273. The minimum absolute atomic E-state index is 0. The first kappa shape index (κ1) is 14.6. The summed E-state index contributed by atoms with van der Waals surface area (Å²) in [6.45, 7) is 5.69. The summed E-state index contributed by atoms with van der Waals surface area (Å²) < 4.78 is 13.6. The van der Waals surface area contributed by atoms with E-state index in [2.05, 4.69) is 22.5 Å². The topological polar surface area (TPSA) is 26.0 Å². The van der Waals surface area contributed by atoms with Gasteiger partial charge in [0.25, 0.3) is 0 Å². The second kappa shape index (κ2) is 6.26. The Kier molecular flexibility index (Phi) is 6.10. The van der Waals surface area contributed by atoms with Gasteiger partial charge in [0, 0.05) is 6.04 Å². The number of nitrogens with two attached hydrogens (primary N) is 1. The molecule has 84 valence electrons. The highest BCUT2D eigenvalue weighted by Gasteiger charge is 2.08. The number of hydrogen-bond acceptors (Lipinski definition) is 1. The molecule has 0 aliphatic heterocycles. The molecule has 0 amide bonds. The average Bonchev–Trinajstić information content (AvgIpc) is 2.08. The van der Waals surface area contributed by atoms with E-state index in [1.807, 2.05) is 13.0 Å². The van der Waals surface area contributed by atoms with Crippen molar-refractivity contribution in [2.24, 2.45) is 5.73 Å². The van der Waals surface area contributed by atoms with Crippen molar-refractivity contribution in [1.82, 2.24) is 0 Å². The van der Waals surface area contributed by atoms with Gasteiger partial charge in [-0.2, -0.15) is 0 Å². The number of halogens is 3. The standard InChI is InChI=1S/C11H13BrFN.ClH/c1-7(2)5-11(14)8-3-4-9(12)10(13)6-8;/h3-4,6,11H,1,5,14H2,2H3;1H/t11-;/m0./s1. The summed E-state index contributed by atoms with van der Waals surface area (Å²) in [5, 5.41) is 0. The molecule has 0 aliphatic rings. The summed E-state index contributed by atoms with van der Waals surface area (Å²) in [6.07, 6.45) is 0.682. The van der Waals surface area contributed by atoms with Crippen LogP contribution in [0.5, 0.6) is 0 Å². The van der Waals surface area contributed by atoms with Gasteiger partial charge in [0.2, 0.25) is 0 Å². The SMILES string of the molecule is C=C(C)C[C@H](N)c1ccc(Br)c(F)c1.Cl. The summed E-state index contributed by atoms with van der Waals surface area (Å²) in [4.78, 5) is 0. The van der Waals surface area contributed by atoms with Gasteiger partial charge in [-0.25, -0.2) is 4.39 Å². The lowest BCUT2D eigenvalue weighted by molar-refractivity contribution is 0.612. The van der Waals surface area contributed by atoms with Gasteiger partial charge in [-0.15, -0.1) is 19.0 Å². The van der Waals surface area contributed by atoms with E-state index in [4.69, 9.17) is 5.73 Å². The van der Waals surface area contributed by atoms with Crippen molar-refractivity contribution < 1.29 is 4.39 Å². The maximum atomic E-state index is 13.2. The average molecular weight is 295 g/mol. The Morgan fingerprint density at radius 3 is 2.67 bits per heavy atom. The second-order valence-corrected chi connectivity index (χ2v) is 4.30. The molecule has 2 N–H and O–H groups in total. The lowest BCUT2D eigenvalue weighted by atomic mass is 10.0. The first-order valence-electron chi connectivity index (χ1n) is 4.35. The van der Waals surface area contributed by atoms with E-state index in [1.54, 1.807) is 6.07 Å². The number of rotatable bonds is 3. The second-order valence-electron chi connectivity index (χ2n) is 3.44. The maximum Gasteiger partial charge on any atom is 0.137 e. The minimum atomic E-state index is -0.278. The molecule has 0 unspecified atom stereocenters. The van der Waals surface area contributed by atoms with Crippen molar-refractivity contribution in [3.8, 4) is 0 Å². The molecule has 1 aromatic rings. The fourth-order valence-electron chi connectivity index (χ4n) is 1.24. The highest BCUT2D eigenvalue weighted by Crippen LogP contribution is 2.22. The predicted octanol–water partition coefficient (Wildman–Crippen LogP) is 3.98. The van der Waals surface area contributed by atoms with Gasteiger partial charge in [0.1, 0.15) is 5.82 Å². The molecule has 1 nitrogen and oxygen atoms in total. The molecule has 0 saturated heterocycles. The van der Waals surface area contributed by atoms with E-state index in [-0.39, 0.29) is 24.3 Å². The molecule has 0 heterocycles. The highest BCUT2D eigenvalue weighted by molar-refractivity contribution is 9.10. The van der Waals surface area contributed by atoms with E-state index < -0.39 is 0 Å². The Bertz CT molecular complexity index is 354. The van der Waals surface area contributed by atoms with Crippen molar-refractivity contribution in [2.75, 3.05) is 0 Å². The van der Waals surface area contributed by atoms with Crippen LogP contribution in [0.3, 0.4) is 0 Å². The van der Waals surface area contributed by atoms with Crippen LogP contribution in [-0.4, -0.2) is 0 Å². The van der Waals surface area contributed by atoms with Crippen molar-refractivity contribution in [3.63, 3.8) is 0 Å². The lowest BCUT2D eigenvalue weighted by Crippen LogP contribution is -2.10. The van der Waals surface area contributed by atoms with Gasteiger partial charge < -0.3 is 5.73 Å². The Morgan fingerprint density at radius 2 is 2.20 bits per heavy atom. The molecular weight excluding hydrogens is 280 g/mol. The van der Waals surface area contributed by atoms with E-state index in [0.717, 1.165) is 11.1 Å². The van der Waals surface area contributed by atoms with Gasteiger partial charge in [-0.05, 0) is 47.0 Å². The van der Waals surface area contributed by atoms with Crippen LogP contribution >= 0.6 is 28.3 Å². The predicted molar refractivity (Wildman–Crippen MR) is 67.7 cm³/mol. The summed E-state index contributed by atoms with van der Waals surface area (Å²) >= 11 is 3.10. The van der Waals surface area contributed by atoms with Crippen molar-refractivity contribution in [1.29, 1.82) is 0 Å². The van der Waals surface area contributed by atoms with Crippen molar-refractivity contribution in [2.45, 2.75) is 19.4 Å². The molecule has 0 saturated carbocycles. The Morgan fingerprint density at radius 1 is 1.60 bits per heavy atom. The summed E-state index contributed by atoms with van der Waals surface area (Å²) in [7, 11) is 0. The largest absolute Gasteiger partial charge is 0.324 e. The normalized spacial score (nSPS) is 11.7. The van der Waals surface area contributed by atoms with Gasteiger partial charge in [-0.1, -0.05) is 11.6 Å². The molecule has 1 atom stereocenters. The van der Waals surface area contributed by atoms with Crippen LogP contribution in [0.2, 0.25) is 0 Å². The first-order valence-corrected chi connectivity index (χ1v) is 5.15. The van der Waals surface area contributed by atoms with Crippen LogP contribution in [0, 0.1) is 5.82 Å². The van der Waals surface area contributed by atoms with Crippen LogP contribution in [0.4, 0.5) is 4.39 Å². The minimum Gasteiger partial charge on any atom is -0.324 e. The van der Waals surface area contributed by atoms with Gasteiger partial charge in [0.05, 0.1) is 4.47 Å². The van der Waals surface area contributed by atoms with Crippen molar-refractivity contribution >= 4 is 28.3 Å². The fourth-order valence-corrected chi connectivity index (χ4v) is 1.48. The molecule has 4 heteroatoms. The molecule has 0 aromatic heterocycles. The smallest absolute Gasteiger partial charge is 0.137 e. The first-order chi connectivity index (χ1) is 6.50. The van der Waals surface area contributed by atoms with E-state index in [1.165, 1.54) is 6.07 Å².